The number of imidazole rings is 1. The zero-order valence-corrected chi connectivity index (χ0v) is 11.4. The summed E-state index contributed by atoms with van der Waals surface area (Å²) in [5.74, 6) is 1.39. The van der Waals surface area contributed by atoms with Crippen molar-refractivity contribution in [3.8, 4) is 0 Å². The molecule has 5 heteroatoms. The van der Waals surface area contributed by atoms with Crippen LogP contribution in [0.2, 0.25) is 0 Å². The first-order valence-electron chi connectivity index (χ1n) is 7.04. The maximum absolute atomic E-state index is 6.05. The van der Waals surface area contributed by atoms with Gasteiger partial charge in [-0.05, 0) is 37.3 Å². The SMILES string of the molecule is Bc1ccc2c(c1)nc(N)n2CCC1CCOCC1. The number of anilines is 1. The molecule has 1 saturated heterocycles. The summed E-state index contributed by atoms with van der Waals surface area (Å²) < 4.78 is 7.54. The molecule has 0 amide bonds. The van der Waals surface area contributed by atoms with Gasteiger partial charge < -0.3 is 15.0 Å². The Morgan fingerprint density at radius 3 is 2.95 bits per heavy atom. The molecular formula is C14H20BN3O. The third-order valence-corrected chi connectivity index (χ3v) is 4.04. The standard InChI is InChI=1S/C14H20BN3O/c15-11-1-2-13-12(9-11)17-14(16)18(13)6-3-10-4-7-19-8-5-10/h1-2,9-10H,3-8,15H2,(H2,16,17). The molecule has 0 radical (unpaired) electrons. The van der Waals surface area contributed by atoms with Crippen LogP contribution in [0.25, 0.3) is 11.0 Å². The lowest BCUT2D eigenvalue weighted by atomic mass is 9.96. The predicted molar refractivity (Wildman–Crippen MR) is 80.5 cm³/mol. The number of aromatic nitrogens is 2. The maximum Gasteiger partial charge on any atom is 0.201 e. The molecule has 2 heterocycles. The second-order valence-corrected chi connectivity index (χ2v) is 5.46. The molecule has 0 unspecified atom stereocenters. The monoisotopic (exact) mass is 257 g/mol. The van der Waals surface area contributed by atoms with Gasteiger partial charge in [0.25, 0.3) is 0 Å². The average Bonchev–Trinajstić information content (AvgIpc) is 2.72. The van der Waals surface area contributed by atoms with Gasteiger partial charge >= 0.3 is 0 Å². The highest BCUT2D eigenvalue weighted by atomic mass is 16.5. The van der Waals surface area contributed by atoms with Gasteiger partial charge in [0.05, 0.1) is 11.0 Å². The van der Waals surface area contributed by atoms with E-state index in [1.807, 2.05) is 0 Å². The Kier molecular flexibility index (Phi) is 3.47. The predicted octanol–water partition coefficient (Wildman–Crippen LogP) is 0.694. The molecule has 0 spiro atoms. The van der Waals surface area contributed by atoms with Crippen molar-refractivity contribution in [1.82, 2.24) is 9.55 Å². The smallest absolute Gasteiger partial charge is 0.201 e. The van der Waals surface area contributed by atoms with Crippen LogP contribution in [0, 0.1) is 5.92 Å². The molecule has 0 saturated carbocycles. The number of aryl methyl sites for hydroxylation is 1. The maximum atomic E-state index is 6.05. The van der Waals surface area contributed by atoms with Crippen LogP contribution in [0.5, 0.6) is 0 Å². The lowest BCUT2D eigenvalue weighted by Gasteiger charge is -2.22. The number of rotatable bonds is 3. The summed E-state index contributed by atoms with van der Waals surface area (Å²) >= 11 is 0. The number of hydrogen-bond donors (Lipinski definition) is 1. The third kappa shape index (κ3) is 2.61. The van der Waals surface area contributed by atoms with E-state index in [1.54, 1.807) is 0 Å². The number of fused-ring (bicyclic) bond motifs is 1. The van der Waals surface area contributed by atoms with E-state index in [0.29, 0.717) is 5.95 Å². The van der Waals surface area contributed by atoms with Crippen LogP contribution >= 0.6 is 0 Å². The number of nitrogens with zero attached hydrogens (tertiary/aromatic N) is 2. The van der Waals surface area contributed by atoms with Crippen molar-refractivity contribution in [1.29, 1.82) is 0 Å². The molecule has 1 aliphatic heterocycles. The molecule has 1 aliphatic rings. The first kappa shape index (κ1) is 12.5. The fourth-order valence-electron chi connectivity index (χ4n) is 2.84. The van der Waals surface area contributed by atoms with E-state index in [2.05, 4.69) is 35.6 Å². The number of nitrogens with two attached hydrogens (primary N) is 1. The summed E-state index contributed by atoms with van der Waals surface area (Å²) in [7, 11) is 2.08. The summed E-state index contributed by atoms with van der Waals surface area (Å²) in [6, 6.07) is 6.34. The van der Waals surface area contributed by atoms with Crippen LogP contribution < -0.4 is 11.2 Å². The van der Waals surface area contributed by atoms with Crippen LogP contribution in [-0.4, -0.2) is 30.6 Å². The topological polar surface area (TPSA) is 53.1 Å². The molecule has 100 valence electrons. The number of ether oxygens (including phenoxy) is 1. The molecule has 0 aliphatic carbocycles. The molecule has 2 N–H and O–H groups in total. The van der Waals surface area contributed by atoms with Gasteiger partial charge in [-0.2, -0.15) is 0 Å². The highest BCUT2D eigenvalue weighted by Crippen LogP contribution is 2.22. The fraction of sp³-hybridized carbons (Fsp3) is 0.500. The Labute approximate surface area is 114 Å². The molecule has 2 aromatic rings. The number of benzene rings is 1. The van der Waals surface area contributed by atoms with E-state index in [4.69, 9.17) is 10.5 Å². The third-order valence-electron chi connectivity index (χ3n) is 4.04. The second kappa shape index (κ2) is 5.25. The Morgan fingerprint density at radius 2 is 2.16 bits per heavy atom. The molecule has 0 atom stereocenters. The minimum atomic E-state index is 0.632. The van der Waals surface area contributed by atoms with Crippen molar-refractivity contribution < 1.29 is 4.74 Å². The van der Waals surface area contributed by atoms with Gasteiger partial charge in [0.2, 0.25) is 5.95 Å². The number of hydrogen-bond acceptors (Lipinski definition) is 3. The first-order chi connectivity index (χ1) is 9.24. The number of nitrogen functional groups attached to an aromatic ring is 1. The molecule has 4 nitrogen and oxygen atoms in total. The molecule has 3 rings (SSSR count). The van der Waals surface area contributed by atoms with Gasteiger partial charge in [-0.3, -0.25) is 0 Å². The van der Waals surface area contributed by atoms with Gasteiger partial charge in [-0.15, -0.1) is 0 Å². The van der Waals surface area contributed by atoms with Crippen molar-refractivity contribution in [2.45, 2.75) is 25.8 Å². The Morgan fingerprint density at radius 1 is 1.37 bits per heavy atom. The van der Waals surface area contributed by atoms with Crippen molar-refractivity contribution in [2.24, 2.45) is 5.92 Å². The lowest BCUT2D eigenvalue weighted by Crippen LogP contribution is -2.17. The van der Waals surface area contributed by atoms with E-state index < -0.39 is 0 Å². The molecule has 0 bridgehead atoms. The first-order valence-corrected chi connectivity index (χ1v) is 7.04. The van der Waals surface area contributed by atoms with Crippen molar-refractivity contribution in [3.05, 3.63) is 18.2 Å². The van der Waals surface area contributed by atoms with E-state index >= 15 is 0 Å². The Bertz CT molecular complexity index is 575. The van der Waals surface area contributed by atoms with Crippen LogP contribution in [0.3, 0.4) is 0 Å². The summed E-state index contributed by atoms with van der Waals surface area (Å²) in [5.41, 5.74) is 9.42. The minimum Gasteiger partial charge on any atom is -0.381 e. The van der Waals surface area contributed by atoms with Crippen molar-refractivity contribution in [2.75, 3.05) is 18.9 Å². The highest BCUT2D eigenvalue weighted by molar-refractivity contribution is 6.33. The molecule has 1 aromatic carbocycles. The quantitative estimate of drug-likeness (QED) is 0.823. The van der Waals surface area contributed by atoms with Gasteiger partial charge in [0.1, 0.15) is 7.85 Å². The van der Waals surface area contributed by atoms with Gasteiger partial charge in [0.15, 0.2) is 0 Å². The Hall–Kier alpha value is -1.49. The van der Waals surface area contributed by atoms with Gasteiger partial charge in [0, 0.05) is 19.8 Å². The van der Waals surface area contributed by atoms with E-state index in [1.165, 1.54) is 18.3 Å². The zero-order chi connectivity index (χ0) is 13.2. The van der Waals surface area contributed by atoms with E-state index in [0.717, 1.165) is 43.1 Å². The fourth-order valence-corrected chi connectivity index (χ4v) is 2.84. The largest absolute Gasteiger partial charge is 0.381 e. The zero-order valence-electron chi connectivity index (χ0n) is 11.4. The van der Waals surface area contributed by atoms with Crippen LogP contribution in [-0.2, 0) is 11.3 Å². The van der Waals surface area contributed by atoms with E-state index in [9.17, 15) is 0 Å². The second-order valence-electron chi connectivity index (χ2n) is 5.46. The minimum absolute atomic E-state index is 0.632. The van der Waals surface area contributed by atoms with Crippen LogP contribution in [0.1, 0.15) is 19.3 Å². The van der Waals surface area contributed by atoms with Gasteiger partial charge in [-0.1, -0.05) is 11.5 Å². The van der Waals surface area contributed by atoms with Crippen LogP contribution in [0.15, 0.2) is 18.2 Å². The molecule has 1 aromatic heterocycles. The summed E-state index contributed by atoms with van der Waals surface area (Å²) in [6.45, 7) is 2.77. The van der Waals surface area contributed by atoms with Crippen LogP contribution in [0.4, 0.5) is 5.95 Å². The van der Waals surface area contributed by atoms with Crippen molar-refractivity contribution >= 4 is 30.3 Å². The van der Waals surface area contributed by atoms with E-state index in [-0.39, 0.29) is 0 Å². The summed E-state index contributed by atoms with van der Waals surface area (Å²) in [5, 5.41) is 0. The molecule has 19 heavy (non-hydrogen) atoms. The molecular weight excluding hydrogens is 237 g/mol. The van der Waals surface area contributed by atoms with Crippen molar-refractivity contribution in [3.63, 3.8) is 0 Å². The summed E-state index contributed by atoms with van der Waals surface area (Å²) in [4.78, 5) is 4.45. The lowest BCUT2D eigenvalue weighted by molar-refractivity contribution is 0.0627. The normalized spacial score (nSPS) is 17.1. The average molecular weight is 257 g/mol. The van der Waals surface area contributed by atoms with Gasteiger partial charge in [-0.25, -0.2) is 4.98 Å². The highest BCUT2D eigenvalue weighted by Gasteiger charge is 2.15. The summed E-state index contributed by atoms with van der Waals surface area (Å²) in [6.07, 6.45) is 3.50. The Balaban J connectivity index is 1.78. The molecule has 1 fully saturated rings.